The molecule has 0 aliphatic rings. The summed E-state index contributed by atoms with van der Waals surface area (Å²) in [5.41, 5.74) is 1.84. The van der Waals surface area contributed by atoms with Crippen molar-refractivity contribution in [2.45, 2.75) is 19.8 Å². The van der Waals surface area contributed by atoms with Gasteiger partial charge in [-0.25, -0.2) is 0 Å². The van der Waals surface area contributed by atoms with Crippen molar-refractivity contribution in [3.05, 3.63) is 68.7 Å². The molecule has 0 radical (unpaired) electrons. The molecule has 0 spiro atoms. The standard InChI is InChI=1S/C18H16BrClO3/c1-3-23-18(22)16(12-5-7-13(19)8-6-12)17(21)14-9-4-11(2)10-15(14)20/h4-10,16H,3H2,1-2H3. The van der Waals surface area contributed by atoms with Crippen molar-refractivity contribution < 1.29 is 14.3 Å². The highest BCUT2D eigenvalue weighted by molar-refractivity contribution is 9.10. The number of hydrogen-bond donors (Lipinski definition) is 0. The zero-order chi connectivity index (χ0) is 17.0. The van der Waals surface area contributed by atoms with Gasteiger partial charge in [0, 0.05) is 10.0 Å². The second kappa shape index (κ2) is 7.75. The number of carbonyl (C=O) groups excluding carboxylic acids is 2. The van der Waals surface area contributed by atoms with E-state index in [1.807, 2.05) is 6.92 Å². The first-order valence-corrected chi connectivity index (χ1v) is 8.33. The summed E-state index contributed by atoms with van der Waals surface area (Å²) in [4.78, 5) is 25.2. The molecule has 2 aromatic rings. The van der Waals surface area contributed by atoms with E-state index in [2.05, 4.69) is 15.9 Å². The molecular formula is C18H16BrClO3. The summed E-state index contributed by atoms with van der Waals surface area (Å²) < 4.78 is 5.95. The molecule has 1 atom stereocenters. The molecule has 23 heavy (non-hydrogen) atoms. The molecule has 120 valence electrons. The molecule has 0 aromatic heterocycles. The fourth-order valence-electron chi connectivity index (χ4n) is 2.25. The molecule has 0 N–H and O–H groups in total. The molecule has 1 unspecified atom stereocenters. The maximum absolute atomic E-state index is 12.9. The molecule has 0 aliphatic carbocycles. The van der Waals surface area contributed by atoms with Gasteiger partial charge in [-0.1, -0.05) is 45.7 Å². The largest absolute Gasteiger partial charge is 0.465 e. The molecule has 0 fully saturated rings. The monoisotopic (exact) mass is 394 g/mol. The third-order valence-electron chi connectivity index (χ3n) is 3.38. The van der Waals surface area contributed by atoms with E-state index < -0.39 is 11.9 Å². The molecule has 0 amide bonds. The summed E-state index contributed by atoms with van der Waals surface area (Å²) in [6, 6.07) is 12.2. The number of rotatable bonds is 5. The smallest absolute Gasteiger partial charge is 0.321 e. The van der Waals surface area contributed by atoms with Crippen molar-refractivity contribution in [1.29, 1.82) is 0 Å². The third kappa shape index (κ3) is 4.21. The van der Waals surface area contributed by atoms with E-state index in [9.17, 15) is 9.59 Å². The Kier molecular flexibility index (Phi) is 5.97. The van der Waals surface area contributed by atoms with Gasteiger partial charge < -0.3 is 4.74 Å². The zero-order valence-electron chi connectivity index (χ0n) is 12.8. The van der Waals surface area contributed by atoms with E-state index in [-0.39, 0.29) is 12.4 Å². The average molecular weight is 396 g/mol. The maximum Gasteiger partial charge on any atom is 0.321 e. The lowest BCUT2D eigenvalue weighted by Gasteiger charge is -2.16. The summed E-state index contributed by atoms with van der Waals surface area (Å²) in [6.07, 6.45) is 0. The fourth-order valence-corrected chi connectivity index (χ4v) is 2.84. The minimum Gasteiger partial charge on any atom is -0.465 e. The van der Waals surface area contributed by atoms with Crippen molar-refractivity contribution in [3.63, 3.8) is 0 Å². The molecule has 0 bridgehead atoms. The molecule has 2 rings (SSSR count). The van der Waals surface area contributed by atoms with Gasteiger partial charge in [-0.3, -0.25) is 9.59 Å². The Morgan fingerprint density at radius 3 is 2.39 bits per heavy atom. The zero-order valence-corrected chi connectivity index (χ0v) is 15.1. The molecule has 0 heterocycles. The van der Waals surface area contributed by atoms with Crippen LogP contribution in [0.5, 0.6) is 0 Å². The van der Waals surface area contributed by atoms with Crippen LogP contribution in [0.2, 0.25) is 5.02 Å². The van der Waals surface area contributed by atoms with E-state index in [1.165, 1.54) is 0 Å². The van der Waals surface area contributed by atoms with E-state index in [4.69, 9.17) is 16.3 Å². The van der Waals surface area contributed by atoms with Gasteiger partial charge in [-0.05, 0) is 49.2 Å². The Morgan fingerprint density at radius 1 is 1.17 bits per heavy atom. The number of halogens is 2. The van der Waals surface area contributed by atoms with Crippen LogP contribution in [0.4, 0.5) is 0 Å². The van der Waals surface area contributed by atoms with Crippen LogP contribution in [0.25, 0.3) is 0 Å². The topological polar surface area (TPSA) is 43.4 Å². The van der Waals surface area contributed by atoms with Crippen LogP contribution in [-0.4, -0.2) is 18.4 Å². The number of carbonyl (C=O) groups is 2. The second-order valence-corrected chi connectivity index (χ2v) is 6.41. The Labute approximate surface area is 148 Å². The highest BCUT2D eigenvalue weighted by Crippen LogP contribution is 2.28. The van der Waals surface area contributed by atoms with Crippen molar-refractivity contribution in [1.82, 2.24) is 0 Å². The van der Waals surface area contributed by atoms with Gasteiger partial charge in [0.2, 0.25) is 0 Å². The van der Waals surface area contributed by atoms with Crippen molar-refractivity contribution in [3.8, 4) is 0 Å². The fraction of sp³-hybridized carbons (Fsp3) is 0.222. The normalized spacial score (nSPS) is 11.8. The number of aryl methyl sites for hydroxylation is 1. The van der Waals surface area contributed by atoms with E-state index in [1.54, 1.807) is 49.4 Å². The molecule has 3 nitrogen and oxygen atoms in total. The van der Waals surface area contributed by atoms with Crippen molar-refractivity contribution in [2.24, 2.45) is 0 Å². The predicted octanol–water partition coefficient (Wildman–Crippen LogP) is 4.94. The molecular weight excluding hydrogens is 380 g/mol. The van der Waals surface area contributed by atoms with E-state index >= 15 is 0 Å². The summed E-state index contributed by atoms with van der Waals surface area (Å²) in [6.45, 7) is 3.80. The van der Waals surface area contributed by atoms with E-state index in [0.717, 1.165) is 10.0 Å². The quantitative estimate of drug-likeness (QED) is 0.409. The molecule has 0 aliphatic heterocycles. The Bertz CT molecular complexity index is 726. The molecule has 0 saturated carbocycles. The first kappa shape index (κ1) is 17.7. The van der Waals surface area contributed by atoms with Crippen LogP contribution < -0.4 is 0 Å². The number of hydrogen-bond acceptors (Lipinski definition) is 3. The second-order valence-electron chi connectivity index (χ2n) is 5.08. The number of benzene rings is 2. The van der Waals surface area contributed by atoms with Gasteiger partial charge in [-0.2, -0.15) is 0 Å². The lowest BCUT2D eigenvalue weighted by molar-refractivity contribution is -0.143. The van der Waals surface area contributed by atoms with Crippen LogP contribution in [0, 0.1) is 6.92 Å². The highest BCUT2D eigenvalue weighted by Gasteiger charge is 2.31. The highest BCUT2D eigenvalue weighted by atomic mass is 79.9. The average Bonchev–Trinajstić information content (AvgIpc) is 2.49. The van der Waals surface area contributed by atoms with Gasteiger partial charge in [0.05, 0.1) is 11.6 Å². The van der Waals surface area contributed by atoms with Gasteiger partial charge >= 0.3 is 5.97 Å². The third-order valence-corrected chi connectivity index (χ3v) is 4.22. The minimum atomic E-state index is -1.02. The lowest BCUT2D eigenvalue weighted by atomic mass is 9.90. The van der Waals surface area contributed by atoms with Crippen LogP contribution in [0.1, 0.15) is 34.3 Å². The summed E-state index contributed by atoms with van der Waals surface area (Å²) in [7, 11) is 0. The van der Waals surface area contributed by atoms with Gasteiger partial charge in [0.15, 0.2) is 5.78 Å². The van der Waals surface area contributed by atoms with Crippen LogP contribution in [0.3, 0.4) is 0 Å². The Hall–Kier alpha value is -1.65. The molecule has 5 heteroatoms. The van der Waals surface area contributed by atoms with Crippen LogP contribution >= 0.6 is 27.5 Å². The van der Waals surface area contributed by atoms with Crippen LogP contribution in [0.15, 0.2) is 46.9 Å². The van der Waals surface area contributed by atoms with Gasteiger partial charge in [-0.15, -0.1) is 0 Å². The minimum absolute atomic E-state index is 0.209. The van der Waals surface area contributed by atoms with Crippen molar-refractivity contribution in [2.75, 3.05) is 6.61 Å². The first-order chi connectivity index (χ1) is 10.9. The molecule has 2 aromatic carbocycles. The lowest BCUT2D eigenvalue weighted by Crippen LogP contribution is -2.24. The Balaban J connectivity index is 2.46. The van der Waals surface area contributed by atoms with Crippen molar-refractivity contribution >= 4 is 39.3 Å². The first-order valence-electron chi connectivity index (χ1n) is 7.16. The number of esters is 1. The summed E-state index contributed by atoms with van der Waals surface area (Å²) >= 11 is 9.52. The summed E-state index contributed by atoms with van der Waals surface area (Å²) in [5, 5.41) is 0.335. The van der Waals surface area contributed by atoms with Crippen LogP contribution in [-0.2, 0) is 9.53 Å². The maximum atomic E-state index is 12.9. The van der Waals surface area contributed by atoms with Gasteiger partial charge in [0.1, 0.15) is 5.92 Å². The SMILES string of the molecule is CCOC(=O)C(C(=O)c1ccc(C)cc1Cl)c1ccc(Br)cc1. The summed E-state index contributed by atoms with van der Waals surface area (Å²) in [5.74, 6) is -1.96. The van der Waals surface area contributed by atoms with Gasteiger partial charge in [0.25, 0.3) is 0 Å². The number of Topliss-reactive ketones (excluding diaryl/α,β-unsaturated/α-hetero) is 1. The predicted molar refractivity (Wildman–Crippen MR) is 94.0 cm³/mol. The Morgan fingerprint density at radius 2 is 1.83 bits per heavy atom. The molecule has 0 saturated heterocycles. The number of ether oxygens (including phenoxy) is 1. The van der Waals surface area contributed by atoms with E-state index in [0.29, 0.717) is 16.1 Å². The number of ketones is 1.